The van der Waals surface area contributed by atoms with Gasteiger partial charge in [0, 0.05) is 0 Å². The quantitative estimate of drug-likeness (QED) is 0.157. The molecule has 0 heterocycles. The van der Waals surface area contributed by atoms with E-state index in [1.165, 1.54) is 19.6 Å². The molecular weight excluding hydrogens is 547 g/mol. The number of alkyl halides is 6. The first kappa shape index (κ1) is 50.4. The maximum absolute atomic E-state index is 11.7. The molecule has 0 unspecified atom stereocenters. The van der Waals surface area contributed by atoms with Gasteiger partial charge in [-0.2, -0.15) is 71.2 Å². The molecule has 178 valence electrons. The van der Waals surface area contributed by atoms with E-state index in [9.17, 15) is 34.8 Å². The summed E-state index contributed by atoms with van der Waals surface area (Å²) in [7, 11) is -8.10. The van der Waals surface area contributed by atoms with Gasteiger partial charge in [-0.15, -0.1) is 0 Å². The van der Waals surface area contributed by atoms with Crippen molar-refractivity contribution in [3.8, 4) is 0 Å². The summed E-state index contributed by atoms with van der Waals surface area (Å²) in [5.74, 6) is -2.76. The molecule has 0 atom stereocenters. The number of carboxylic acid groups (broad SMARTS) is 3. The summed E-state index contributed by atoms with van der Waals surface area (Å²) in [6.07, 6.45) is -7.17. The van der Waals surface area contributed by atoms with Crippen molar-refractivity contribution in [3.63, 3.8) is 0 Å². The summed E-state index contributed by atoms with van der Waals surface area (Å²) in [5, 5.41) is 22.4. The van der Waals surface area contributed by atoms with Crippen LogP contribution in [0.2, 0.25) is 19.6 Å². The zero-order valence-corrected chi connectivity index (χ0v) is 24.9. The summed E-state index contributed by atoms with van der Waals surface area (Å²) in [4.78, 5) is 17.3. The van der Waals surface area contributed by atoms with Gasteiger partial charge in [0.05, 0.1) is 0 Å². The molecule has 2 N–H and O–H groups in total. The van der Waals surface area contributed by atoms with Crippen LogP contribution in [-0.4, -0.2) is 50.8 Å². The van der Waals surface area contributed by atoms with Gasteiger partial charge in [0.2, 0.25) is 14.5 Å². The van der Waals surface area contributed by atoms with Crippen LogP contribution < -0.4 is 95.5 Å². The van der Waals surface area contributed by atoms with Crippen molar-refractivity contribution < 1.29 is 154 Å². The molecule has 8 nitrogen and oxygen atoms in total. The van der Waals surface area contributed by atoms with Gasteiger partial charge in [0.1, 0.15) is 0 Å². The van der Waals surface area contributed by atoms with Crippen molar-refractivity contribution >= 4 is 30.6 Å². The summed E-state index contributed by atoms with van der Waals surface area (Å²) >= 11 is 0. The molecule has 1 aromatic rings. The van der Waals surface area contributed by atoms with E-state index in [1.54, 1.807) is 0 Å². The van der Waals surface area contributed by atoms with E-state index >= 15 is 0 Å². The monoisotopic (exact) mass is 562 g/mol. The molecule has 0 radical (unpaired) electrons. The van der Waals surface area contributed by atoms with Crippen LogP contribution in [0.4, 0.5) is 31.1 Å². The molecule has 0 aliphatic carbocycles. The zero-order chi connectivity index (χ0) is 24.1. The Labute approximate surface area is 249 Å². The maximum Gasteiger partial charge on any atom is 1.00 e. The van der Waals surface area contributed by atoms with E-state index in [1.807, 2.05) is 30.3 Å². The van der Waals surface area contributed by atoms with Crippen LogP contribution in [0.15, 0.2) is 30.3 Å². The predicted molar refractivity (Wildman–Crippen MR) is 86.4 cm³/mol. The fraction of sp³-hybridized carbons (Fsp3) is 0.385. The summed E-state index contributed by atoms with van der Waals surface area (Å²) in [5.41, 5.74) is -5.31. The molecule has 0 spiro atoms. The first-order chi connectivity index (χ1) is 12.6. The van der Waals surface area contributed by atoms with Gasteiger partial charge >= 0.3 is 106 Å². The summed E-state index contributed by atoms with van der Waals surface area (Å²) < 4.78 is 91.4. The first-order valence-corrected chi connectivity index (χ1v) is 11.6. The molecule has 0 saturated heterocycles. The molecule has 0 fully saturated rings. The molecule has 0 aromatic heterocycles. The molecule has 0 aliphatic rings. The molecular formula is C13H16ClF6LiNa2O8SSi. The molecule has 0 saturated carbocycles. The number of hydrogen-bond donors (Lipinski definition) is 2. The van der Waals surface area contributed by atoms with Crippen LogP contribution in [0.5, 0.6) is 0 Å². The van der Waals surface area contributed by atoms with Crippen molar-refractivity contribution in [2.75, 3.05) is 0 Å². The van der Waals surface area contributed by atoms with Gasteiger partial charge < -0.3 is 36.4 Å². The van der Waals surface area contributed by atoms with E-state index < -0.39 is 42.2 Å². The van der Waals surface area contributed by atoms with Crippen molar-refractivity contribution in [2.24, 2.45) is 0 Å². The first-order valence-electron chi connectivity index (χ1n) is 6.76. The van der Waals surface area contributed by atoms with Crippen LogP contribution in [-0.2, 0) is 18.8 Å². The van der Waals surface area contributed by atoms with Gasteiger partial charge in [0.15, 0.2) is 0 Å². The van der Waals surface area contributed by atoms with Crippen LogP contribution in [0.1, 0.15) is 0 Å². The third-order valence-corrected chi connectivity index (χ3v) is 4.94. The third-order valence-electron chi connectivity index (χ3n) is 1.49. The standard InChI is InChI=1S/C6H5.C4H9F3O3SSi.C2HF3O2.CH2O3.ClH.Li.2Na/c1-2-4-6-5-3-1;1-12(2,3)10-11(8,9)4(5,6)7;3-2(4,5)1(6)7;2-1(3)4;;;;/h1-5H;1-3H3;(H,6,7);(H2,2,3,4);1H;;;/q-1;;;;;3*+1/p-2. The van der Waals surface area contributed by atoms with Crippen LogP contribution in [0, 0.1) is 6.07 Å². The fourth-order valence-electron chi connectivity index (χ4n) is 0.718. The molecule has 0 aliphatic heterocycles. The number of rotatable bonds is 2. The Morgan fingerprint density at radius 1 is 0.939 bits per heavy atom. The van der Waals surface area contributed by atoms with Crippen LogP contribution in [0.3, 0.4) is 0 Å². The molecule has 0 bridgehead atoms. The van der Waals surface area contributed by atoms with E-state index in [2.05, 4.69) is 9.94 Å². The van der Waals surface area contributed by atoms with E-state index in [4.69, 9.17) is 24.9 Å². The van der Waals surface area contributed by atoms with E-state index in [0.717, 1.165) is 0 Å². The Kier molecular flexibility index (Phi) is 35.1. The van der Waals surface area contributed by atoms with Gasteiger partial charge in [-0.05, 0) is 19.6 Å². The minimum atomic E-state index is -5.39. The van der Waals surface area contributed by atoms with Crippen molar-refractivity contribution in [1.29, 1.82) is 0 Å². The molecule has 0 amide bonds. The molecule has 20 heteroatoms. The van der Waals surface area contributed by atoms with Crippen LogP contribution >= 0.6 is 0 Å². The number of halogens is 7. The largest absolute Gasteiger partial charge is 1.00 e. The second-order valence-corrected chi connectivity index (χ2v) is 11.5. The Hall–Kier alpha value is 0.554. The average molecular weight is 563 g/mol. The smallest absolute Gasteiger partial charge is 1.00 e. The Morgan fingerprint density at radius 3 is 1.27 bits per heavy atom. The summed E-state index contributed by atoms with van der Waals surface area (Å²) in [6, 6.07) is 12.5. The molecule has 33 heavy (non-hydrogen) atoms. The molecule has 1 rings (SSSR count). The topological polar surface area (TPSA) is 141 Å². The van der Waals surface area contributed by atoms with Crippen molar-refractivity contribution in [1.82, 2.24) is 0 Å². The SMILES string of the molecule is C[Si](C)(C)OS(=O)(=O)C(F)(F)F.O=C(O)C(F)(F)F.O=C([O-])O.[Cl-].[Li+].[Na+].[Na+].[c-]1ccccc1. The number of hydrogen-bond acceptors (Lipinski definition) is 6. The normalized spacial score (nSPS) is 9.97. The van der Waals surface area contributed by atoms with Gasteiger partial charge in [-0.3, -0.25) is 0 Å². The number of carbonyl (C=O) groups is 2. The van der Waals surface area contributed by atoms with Gasteiger partial charge in [0.25, 0.3) is 0 Å². The molecule has 1 aromatic carbocycles. The predicted octanol–water partition coefficient (Wildman–Crippen LogP) is -9.29. The van der Waals surface area contributed by atoms with Crippen molar-refractivity contribution in [3.05, 3.63) is 36.4 Å². The Bertz CT molecular complexity index is 692. The minimum Gasteiger partial charge on any atom is -1.00 e. The number of carboxylic acids is 1. The Morgan fingerprint density at radius 2 is 1.21 bits per heavy atom. The minimum absolute atomic E-state index is 0. The number of benzene rings is 1. The van der Waals surface area contributed by atoms with E-state index in [0.29, 0.717) is 0 Å². The third kappa shape index (κ3) is 40.0. The fourth-order valence-corrected chi connectivity index (χ4v) is 3.73. The Balaban J connectivity index is -0.0000000562. The maximum atomic E-state index is 11.7. The van der Waals surface area contributed by atoms with Crippen molar-refractivity contribution in [2.45, 2.75) is 31.3 Å². The van der Waals surface area contributed by atoms with Gasteiger partial charge in [-0.1, -0.05) is 0 Å². The van der Waals surface area contributed by atoms with Crippen LogP contribution in [0.25, 0.3) is 0 Å². The summed E-state index contributed by atoms with van der Waals surface area (Å²) in [6.45, 7) is 4.07. The second-order valence-electron chi connectivity index (χ2n) is 5.24. The van der Waals surface area contributed by atoms with E-state index in [-0.39, 0.29) is 90.4 Å². The average Bonchev–Trinajstić information content (AvgIpc) is 2.45. The second kappa shape index (κ2) is 23.0. The number of aliphatic carboxylic acids is 1. The van der Waals surface area contributed by atoms with Gasteiger partial charge in [-0.25, -0.2) is 4.79 Å². The zero-order valence-electron chi connectivity index (χ0n) is 18.3.